The van der Waals surface area contributed by atoms with Gasteiger partial charge >= 0.3 is 0 Å². The first kappa shape index (κ1) is 10.0. The van der Waals surface area contributed by atoms with Crippen molar-refractivity contribution in [3.05, 3.63) is 42.0 Å². The van der Waals surface area contributed by atoms with Crippen LogP contribution in [0.1, 0.15) is 5.56 Å². The minimum Gasteiger partial charge on any atom is -0.354 e. The van der Waals surface area contributed by atoms with E-state index in [0.29, 0.717) is 4.90 Å². The summed E-state index contributed by atoms with van der Waals surface area (Å²) < 4.78 is 11.8. The van der Waals surface area contributed by atoms with Gasteiger partial charge in [0.2, 0.25) is 5.12 Å². The molecule has 1 atom stereocenters. The van der Waals surface area contributed by atoms with E-state index < -0.39 is 10.8 Å². The van der Waals surface area contributed by atoms with Crippen LogP contribution in [0.4, 0.5) is 0 Å². The standard InChI is InChI=1S/C14H9NO2S/c16-13-7-10-12(18(13)17)6-5-9-8-3-1-2-4-11(8)15-14(9)10/h1-6,15H,7H2. The van der Waals surface area contributed by atoms with Gasteiger partial charge in [-0.1, -0.05) is 24.3 Å². The van der Waals surface area contributed by atoms with Gasteiger partial charge in [0, 0.05) is 28.3 Å². The van der Waals surface area contributed by atoms with E-state index in [-0.39, 0.29) is 11.5 Å². The van der Waals surface area contributed by atoms with Crippen molar-refractivity contribution in [3.8, 4) is 0 Å². The molecule has 1 aliphatic heterocycles. The number of carbonyl (C=O) groups excluding carboxylic acids is 1. The van der Waals surface area contributed by atoms with Crippen molar-refractivity contribution in [2.24, 2.45) is 0 Å². The zero-order valence-corrected chi connectivity index (χ0v) is 10.2. The fraction of sp³-hybridized carbons (Fsp3) is 0.0714. The van der Waals surface area contributed by atoms with Gasteiger partial charge in [-0.05, 0) is 12.1 Å². The molecule has 1 aliphatic rings. The predicted molar refractivity (Wildman–Crippen MR) is 70.9 cm³/mol. The van der Waals surface area contributed by atoms with Gasteiger partial charge < -0.3 is 4.98 Å². The van der Waals surface area contributed by atoms with E-state index in [9.17, 15) is 9.00 Å². The normalized spacial score (nSPS) is 18.7. The lowest BCUT2D eigenvalue weighted by molar-refractivity contribution is -0.110. The maximum absolute atomic E-state index is 11.8. The van der Waals surface area contributed by atoms with Gasteiger partial charge in [-0.3, -0.25) is 4.79 Å². The maximum Gasteiger partial charge on any atom is 0.228 e. The number of rotatable bonds is 0. The summed E-state index contributed by atoms with van der Waals surface area (Å²) in [5, 5.41) is 2.03. The van der Waals surface area contributed by atoms with Crippen LogP contribution in [0.5, 0.6) is 0 Å². The molecule has 0 fully saturated rings. The highest BCUT2D eigenvalue weighted by Crippen LogP contribution is 2.34. The fourth-order valence-corrected chi connectivity index (χ4v) is 3.75. The highest BCUT2D eigenvalue weighted by molar-refractivity contribution is 8.00. The van der Waals surface area contributed by atoms with Crippen LogP contribution in [0.25, 0.3) is 21.8 Å². The number of hydrogen-bond donors (Lipinski definition) is 1. The van der Waals surface area contributed by atoms with Crippen molar-refractivity contribution < 1.29 is 9.00 Å². The van der Waals surface area contributed by atoms with Gasteiger partial charge in [-0.15, -0.1) is 0 Å². The van der Waals surface area contributed by atoms with Crippen molar-refractivity contribution in [1.82, 2.24) is 4.98 Å². The molecule has 4 rings (SSSR count). The van der Waals surface area contributed by atoms with Crippen LogP contribution in [0, 0.1) is 0 Å². The third-order valence-electron chi connectivity index (χ3n) is 3.47. The van der Waals surface area contributed by atoms with Crippen molar-refractivity contribution in [2.45, 2.75) is 11.3 Å². The van der Waals surface area contributed by atoms with E-state index in [4.69, 9.17) is 0 Å². The van der Waals surface area contributed by atoms with Crippen molar-refractivity contribution in [1.29, 1.82) is 0 Å². The molecule has 4 heteroatoms. The molecule has 3 nitrogen and oxygen atoms in total. The van der Waals surface area contributed by atoms with Crippen LogP contribution in [0.2, 0.25) is 0 Å². The monoisotopic (exact) mass is 255 g/mol. The quantitative estimate of drug-likeness (QED) is 0.671. The number of para-hydroxylation sites is 1. The molecule has 3 aromatic rings. The lowest BCUT2D eigenvalue weighted by atomic mass is 10.1. The van der Waals surface area contributed by atoms with E-state index in [2.05, 4.69) is 4.98 Å². The van der Waals surface area contributed by atoms with Crippen LogP contribution in [0.3, 0.4) is 0 Å². The maximum atomic E-state index is 11.8. The highest BCUT2D eigenvalue weighted by atomic mass is 32.2. The van der Waals surface area contributed by atoms with E-state index in [1.165, 1.54) is 0 Å². The molecule has 88 valence electrons. The van der Waals surface area contributed by atoms with E-state index in [1.54, 1.807) is 0 Å². The Morgan fingerprint density at radius 3 is 2.78 bits per heavy atom. The molecule has 0 saturated heterocycles. The SMILES string of the molecule is O=C1Cc2c(ccc3c2[nH]c2ccccc23)S1=O. The molecule has 0 radical (unpaired) electrons. The number of aromatic amines is 1. The first-order valence-electron chi connectivity index (χ1n) is 5.72. The smallest absolute Gasteiger partial charge is 0.228 e. The Hall–Kier alpha value is -1.94. The summed E-state index contributed by atoms with van der Waals surface area (Å²) in [5.74, 6) is 0. The molecule has 0 saturated carbocycles. The Labute approximate surface area is 105 Å². The largest absolute Gasteiger partial charge is 0.354 e. The molecule has 0 aliphatic carbocycles. The minimum atomic E-state index is -1.48. The van der Waals surface area contributed by atoms with Crippen molar-refractivity contribution in [2.75, 3.05) is 0 Å². The number of hydrogen-bond acceptors (Lipinski definition) is 2. The number of H-pyrrole nitrogens is 1. The van der Waals surface area contributed by atoms with Crippen molar-refractivity contribution >= 4 is 37.7 Å². The Kier molecular flexibility index (Phi) is 1.84. The molecule has 1 aromatic heterocycles. The molecule has 0 spiro atoms. The van der Waals surface area contributed by atoms with E-state index in [1.807, 2.05) is 36.4 Å². The number of benzene rings is 2. The molecule has 1 unspecified atom stereocenters. The van der Waals surface area contributed by atoms with Gasteiger partial charge in [0.1, 0.15) is 10.8 Å². The zero-order chi connectivity index (χ0) is 12.3. The Morgan fingerprint density at radius 1 is 1.06 bits per heavy atom. The molecule has 0 bridgehead atoms. The highest BCUT2D eigenvalue weighted by Gasteiger charge is 2.29. The number of carbonyl (C=O) groups is 1. The molecular weight excluding hydrogens is 246 g/mol. The predicted octanol–water partition coefficient (Wildman–Crippen LogP) is 2.51. The second-order valence-corrected chi connectivity index (χ2v) is 5.89. The molecule has 18 heavy (non-hydrogen) atoms. The minimum absolute atomic E-state index is 0.198. The van der Waals surface area contributed by atoms with E-state index >= 15 is 0 Å². The number of nitrogens with one attached hydrogen (secondary N) is 1. The number of fused-ring (bicyclic) bond motifs is 5. The summed E-state index contributed by atoms with van der Waals surface area (Å²) in [4.78, 5) is 15.6. The van der Waals surface area contributed by atoms with Crippen LogP contribution in [0.15, 0.2) is 41.3 Å². The third-order valence-corrected chi connectivity index (χ3v) is 4.81. The van der Waals surface area contributed by atoms with Crippen LogP contribution < -0.4 is 0 Å². The summed E-state index contributed by atoms with van der Waals surface area (Å²) in [5.41, 5.74) is 2.89. The number of aromatic nitrogens is 1. The molecule has 2 aromatic carbocycles. The average molecular weight is 255 g/mol. The second kappa shape index (κ2) is 3.29. The fourth-order valence-electron chi connectivity index (χ4n) is 2.64. The Morgan fingerprint density at radius 2 is 1.89 bits per heavy atom. The van der Waals surface area contributed by atoms with Gasteiger partial charge in [0.05, 0.1) is 10.4 Å². The molecule has 0 amide bonds. The summed E-state index contributed by atoms with van der Waals surface area (Å²) in [7, 11) is -1.48. The van der Waals surface area contributed by atoms with Gasteiger partial charge in [-0.2, -0.15) is 0 Å². The third kappa shape index (κ3) is 1.13. The van der Waals surface area contributed by atoms with Gasteiger partial charge in [0.15, 0.2) is 0 Å². The summed E-state index contributed by atoms with van der Waals surface area (Å²) >= 11 is 0. The summed E-state index contributed by atoms with van der Waals surface area (Å²) in [6, 6.07) is 11.8. The Bertz CT molecular complexity index is 847. The van der Waals surface area contributed by atoms with Crippen LogP contribution in [-0.4, -0.2) is 14.3 Å². The van der Waals surface area contributed by atoms with Crippen LogP contribution >= 0.6 is 0 Å². The van der Waals surface area contributed by atoms with Gasteiger partial charge in [0.25, 0.3) is 0 Å². The molecular formula is C14H9NO2S. The van der Waals surface area contributed by atoms with Gasteiger partial charge in [-0.25, -0.2) is 4.21 Å². The van der Waals surface area contributed by atoms with E-state index in [0.717, 1.165) is 27.4 Å². The zero-order valence-electron chi connectivity index (χ0n) is 9.40. The second-order valence-electron chi connectivity index (χ2n) is 4.45. The lowest BCUT2D eigenvalue weighted by Gasteiger charge is -1.98. The topological polar surface area (TPSA) is 49.9 Å². The first-order chi connectivity index (χ1) is 8.75. The summed E-state index contributed by atoms with van der Waals surface area (Å²) in [6.45, 7) is 0. The first-order valence-corrected chi connectivity index (χ1v) is 6.87. The van der Waals surface area contributed by atoms with Crippen molar-refractivity contribution in [3.63, 3.8) is 0 Å². The van der Waals surface area contributed by atoms with Crippen LogP contribution in [-0.2, 0) is 22.0 Å². The molecule has 1 N–H and O–H groups in total. The molecule has 2 heterocycles. The summed E-state index contributed by atoms with van der Waals surface area (Å²) in [6.07, 6.45) is 0.270. The Balaban J connectivity index is 2.20. The average Bonchev–Trinajstić information content (AvgIpc) is 2.89. The lowest BCUT2D eigenvalue weighted by Crippen LogP contribution is -1.98.